The molecule has 0 aliphatic carbocycles. The van der Waals surface area contributed by atoms with Crippen LogP contribution in [-0.4, -0.2) is 4.57 Å². The van der Waals surface area contributed by atoms with Gasteiger partial charge in [-0.25, -0.2) is 0 Å². The summed E-state index contributed by atoms with van der Waals surface area (Å²) in [7, 11) is 0. The van der Waals surface area contributed by atoms with Crippen LogP contribution in [0.15, 0.2) is 35.3 Å². The van der Waals surface area contributed by atoms with Gasteiger partial charge in [0.15, 0.2) is 5.43 Å². The van der Waals surface area contributed by atoms with E-state index >= 15 is 0 Å². The highest BCUT2D eigenvalue weighted by Gasteiger charge is 2.03. The van der Waals surface area contributed by atoms with Crippen LogP contribution in [0.25, 0.3) is 10.9 Å². The predicted molar refractivity (Wildman–Crippen MR) is 67.8 cm³/mol. The van der Waals surface area contributed by atoms with E-state index in [0.29, 0.717) is 13.0 Å². The molecule has 0 radical (unpaired) electrons. The third kappa shape index (κ3) is 2.21. The minimum absolute atomic E-state index is 0.0449. The van der Waals surface area contributed by atoms with Crippen molar-refractivity contribution in [3.05, 3.63) is 46.2 Å². The van der Waals surface area contributed by atoms with E-state index in [1.807, 2.05) is 22.8 Å². The van der Waals surface area contributed by atoms with E-state index in [-0.39, 0.29) is 5.43 Å². The molecule has 3 heteroatoms. The van der Waals surface area contributed by atoms with Crippen molar-refractivity contribution in [2.75, 3.05) is 0 Å². The summed E-state index contributed by atoms with van der Waals surface area (Å²) in [5.74, 6) is 0. The van der Waals surface area contributed by atoms with Gasteiger partial charge < -0.3 is 4.57 Å². The zero-order valence-electron chi connectivity index (χ0n) is 9.81. The summed E-state index contributed by atoms with van der Waals surface area (Å²) < 4.78 is 1.96. The lowest BCUT2D eigenvalue weighted by Crippen LogP contribution is -2.08. The number of fused-ring (bicyclic) bond motifs is 1. The van der Waals surface area contributed by atoms with Crippen LogP contribution in [0.5, 0.6) is 0 Å². The molecular weight excluding hydrogens is 212 g/mol. The SMILES string of the molecule is CCc1ccc2c(c1)c(=O)ccn2CCC#N. The van der Waals surface area contributed by atoms with Crippen molar-refractivity contribution >= 4 is 10.9 Å². The van der Waals surface area contributed by atoms with Crippen LogP contribution in [-0.2, 0) is 13.0 Å². The fourth-order valence-corrected chi connectivity index (χ4v) is 1.94. The van der Waals surface area contributed by atoms with E-state index in [4.69, 9.17) is 5.26 Å². The van der Waals surface area contributed by atoms with Crippen molar-refractivity contribution in [3.8, 4) is 6.07 Å². The molecule has 0 unspecified atom stereocenters. The second-order valence-corrected chi connectivity index (χ2v) is 3.99. The highest BCUT2D eigenvalue weighted by atomic mass is 16.1. The zero-order valence-corrected chi connectivity index (χ0v) is 9.81. The van der Waals surface area contributed by atoms with Crippen LogP contribution in [0.1, 0.15) is 18.9 Å². The lowest BCUT2D eigenvalue weighted by molar-refractivity contribution is 0.737. The van der Waals surface area contributed by atoms with E-state index in [0.717, 1.165) is 22.9 Å². The summed E-state index contributed by atoms with van der Waals surface area (Å²) in [4.78, 5) is 11.8. The van der Waals surface area contributed by atoms with Crippen molar-refractivity contribution in [1.82, 2.24) is 4.57 Å². The first-order valence-electron chi connectivity index (χ1n) is 5.75. The summed E-state index contributed by atoms with van der Waals surface area (Å²) in [5, 5.41) is 9.35. The van der Waals surface area contributed by atoms with Crippen molar-refractivity contribution < 1.29 is 0 Å². The highest BCUT2D eigenvalue weighted by Crippen LogP contribution is 2.13. The van der Waals surface area contributed by atoms with Crippen LogP contribution >= 0.6 is 0 Å². The Labute approximate surface area is 99.9 Å². The van der Waals surface area contributed by atoms with Crippen LogP contribution < -0.4 is 5.43 Å². The summed E-state index contributed by atoms with van der Waals surface area (Å²) in [5.41, 5.74) is 2.11. The van der Waals surface area contributed by atoms with Gasteiger partial charge in [0.25, 0.3) is 0 Å². The van der Waals surface area contributed by atoms with Crippen molar-refractivity contribution in [2.45, 2.75) is 26.3 Å². The van der Waals surface area contributed by atoms with Gasteiger partial charge in [0.05, 0.1) is 18.0 Å². The van der Waals surface area contributed by atoms with Gasteiger partial charge in [-0.05, 0) is 24.1 Å². The fraction of sp³-hybridized carbons (Fsp3) is 0.286. The van der Waals surface area contributed by atoms with Gasteiger partial charge in [-0.2, -0.15) is 5.26 Å². The quantitative estimate of drug-likeness (QED) is 0.807. The number of aromatic nitrogens is 1. The van der Waals surface area contributed by atoms with Gasteiger partial charge in [-0.1, -0.05) is 13.0 Å². The largest absolute Gasteiger partial charge is 0.346 e. The van der Waals surface area contributed by atoms with E-state index in [2.05, 4.69) is 13.0 Å². The molecule has 0 fully saturated rings. The van der Waals surface area contributed by atoms with Gasteiger partial charge in [-0.3, -0.25) is 4.79 Å². The van der Waals surface area contributed by atoms with E-state index in [1.165, 1.54) is 0 Å². The first-order chi connectivity index (χ1) is 8.26. The number of aryl methyl sites for hydroxylation is 2. The molecule has 3 nitrogen and oxygen atoms in total. The topological polar surface area (TPSA) is 45.8 Å². The molecule has 0 bridgehead atoms. The number of nitrogens with zero attached hydrogens (tertiary/aromatic N) is 2. The molecule has 1 aromatic carbocycles. The molecule has 0 aliphatic heterocycles. The molecule has 1 aromatic heterocycles. The summed E-state index contributed by atoms with van der Waals surface area (Å²) in [6, 6.07) is 9.63. The highest BCUT2D eigenvalue weighted by molar-refractivity contribution is 5.79. The second-order valence-electron chi connectivity index (χ2n) is 3.99. The van der Waals surface area contributed by atoms with Gasteiger partial charge >= 0.3 is 0 Å². The second kappa shape index (κ2) is 4.84. The van der Waals surface area contributed by atoms with Crippen LogP contribution in [0.2, 0.25) is 0 Å². The molecule has 86 valence electrons. The first-order valence-corrected chi connectivity index (χ1v) is 5.75. The average molecular weight is 226 g/mol. The monoisotopic (exact) mass is 226 g/mol. The van der Waals surface area contributed by atoms with Crippen molar-refractivity contribution in [3.63, 3.8) is 0 Å². The number of hydrogen-bond acceptors (Lipinski definition) is 2. The Morgan fingerprint density at radius 1 is 1.35 bits per heavy atom. The maximum Gasteiger partial charge on any atom is 0.189 e. The summed E-state index contributed by atoms with van der Waals surface area (Å²) in [6.07, 6.45) is 3.13. The molecule has 0 atom stereocenters. The van der Waals surface area contributed by atoms with Crippen LogP contribution in [0.4, 0.5) is 0 Å². The molecular formula is C14H14N2O. The van der Waals surface area contributed by atoms with Crippen molar-refractivity contribution in [1.29, 1.82) is 5.26 Å². The molecule has 0 aliphatic rings. The fourth-order valence-electron chi connectivity index (χ4n) is 1.94. The Balaban J connectivity index is 2.62. The van der Waals surface area contributed by atoms with Gasteiger partial charge in [0.1, 0.15) is 0 Å². The normalized spacial score (nSPS) is 10.4. The van der Waals surface area contributed by atoms with Crippen molar-refractivity contribution in [2.24, 2.45) is 0 Å². The number of pyridine rings is 1. The Morgan fingerprint density at radius 3 is 2.88 bits per heavy atom. The maximum atomic E-state index is 11.8. The molecule has 17 heavy (non-hydrogen) atoms. The van der Waals surface area contributed by atoms with Gasteiger partial charge in [0, 0.05) is 24.2 Å². The number of rotatable bonds is 3. The Morgan fingerprint density at radius 2 is 2.18 bits per heavy atom. The third-order valence-corrected chi connectivity index (χ3v) is 2.91. The van der Waals surface area contributed by atoms with Gasteiger partial charge in [0.2, 0.25) is 0 Å². The summed E-state index contributed by atoms with van der Waals surface area (Å²) >= 11 is 0. The Bertz CT molecular complexity index is 635. The Hall–Kier alpha value is -2.08. The van der Waals surface area contributed by atoms with E-state index < -0.39 is 0 Å². The van der Waals surface area contributed by atoms with Crippen LogP contribution in [0, 0.1) is 11.3 Å². The first kappa shape index (κ1) is 11.4. The number of benzene rings is 1. The lowest BCUT2D eigenvalue weighted by Gasteiger charge is -2.09. The minimum Gasteiger partial charge on any atom is -0.346 e. The molecule has 0 spiro atoms. The van der Waals surface area contributed by atoms with E-state index in [1.54, 1.807) is 12.3 Å². The Kier molecular flexibility index (Phi) is 3.24. The number of hydrogen-bond donors (Lipinski definition) is 0. The molecule has 2 rings (SSSR count). The predicted octanol–water partition coefficient (Wildman–Crippen LogP) is 2.48. The lowest BCUT2D eigenvalue weighted by atomic mass is 10.1. The summed E-state index contributed by atoms with van der Waals surface area (Å²) in [6.45, 7) is 2.69. The molecule has 2 aromatic rings. The smallest absolute Gasteiger partial charge is 0.189 e. The average Bonchev–Trinajstić information content (AvgIpc) is 2.38. The molecule has 0 saturated carbocycles. The number of nitriles is 1. The molecule has 0 N–H and O–H groups in total. The minimum atomic E-state index is 0.0449. The van der Waals surface area contributed by atoms with E-state index in [9.17, 15) is 4.79 Å². The maximum absolute atomic E-state index is 11.8. The molecule has 0 saturated heterocycles. The van der Waals surface area contributed by atoms with Gasteiger partial charge in [-0.15, -0.1) is 0 Å². The molecule has 1 heterocycles. The zero-order chi connectivity index (χ0) is 12.3. The third-order valence-electron chi connectivity index (χ3n) is 2.91. The standard InChI is InChI=1S/C14H14N2O/c1-2-11-4-5-13-12(10-11)14(17)6-9-16(13)8-3-7-15/h4-6,9-10H,2-3,8H2,1H3. The molecule has 0 amide bonds. The van der Waals surface area contributed by atoms with Crippen LogP contribution in [0.3, 0.4) is 0 Å².